The molecular weight excluding hydrogens is 326 g/mol. The van der Waals surface area contributed by atoms with E-state index in [9.17, 15) is 4.79 Å². The molecule has 0 atom stereocenters. The van der Waals surface area contributed by atoms with Crippen molar-refractivity contribution >= 4 is 5.91 Å². The zero-order valence-corrected chi connectivity index (χ0v) is 15.6. The molecular formula is C21H27N3O2. The van der Waals surface area contributed by atoms with E-state index in [1.165, 1.54) is 11.1 Å². The molecule has 0 spiro atoms. The summed E-state index contributed by atoms with van der Waals surface area (Å²) in [6.45, 7) is 8.85. The van der Waals surface area contributed by atoms with Gasteiger partial charge < -0.3 is 9.64 Å². The highest BCUT2D eigenvalue weighted by molar-refractivity contribution is 5.76. The Balaban J connectivity index is 1.40. The van der Waals surface area contributed by atoms with Crippen LogP contribution < -0.4 is 4.74 Å². The number of carbonyl (C=O) groups excluding carboxylic acids is 1. The number of rotatable bonds is 6. The zero-order valence-electron chi connectivity index (χ0n) is 15.6. The van der Waals surface area contributed by atoms with Gasteiger partial charge in [0.1, 0.15) is 5.75 Å². The van der Waals surface area contributed by atoms with Crippen LogP contribution in [0, 0.1) is 13.8 Å². The number of piperazine rings is 1. The first-order valence-electron chi connectivity index (χ1n) is 9.21. The molecule has 5 heteroatoms. The lowest BCUT2D eigenvalue weighted by atomic mass is 10.1. The average Bonchev–Trinajstić information content (AvgIpc) is 2.66. The van der Waals surface area contributed by atoms with Crippen LogP contribution in [0.4, 0.5) is 0 Å². The molecule has 1 aromatic carbocycles. The Bertz CT molecular complexity index is 725. The third kappa shape index (κ3) is 4.82. The number of aromatic nitrogens is 1. The highest BCUT2D eigenvalue weighted by Gasteiger charge is 2.21. The maximum absolute atomic E-state index is 12.4. The number of carbonyl (C=O) groups is 1. The average molecular weight is 353 g/mol. The van der Waals surface area contributed by atoms with Crippen molar-refractivity contribution in [1.82, 2.24) is 14.8 Å². The molecule has 5 nitrogen and oxygen atoms in total. The molecule has 0 saturated carbocycles. The van der Waals surface area contributed by atoms with E-state index in [0.717, 1.165) is 44.0 Å². The van der Waals surface area contributed by atoms with Crippen LogP contribution >= 0.6 is 0 Å². The van der Waals surface area contributed by atoms with Crippen LogP contribution in [-0.2, 0) is 11.3 Å². The number of amides is 1. The lowest BCUT2D eigenvalue weighted by molar-refractivity contribution is -0.133. The van der Waals surface area contributed by atoms with Gasteiger partial charge in [-0.3, -0.25) is 14.7 Å². The van der Waals surface area contributed by atoms with Crippen LogP contribution in [0.1, 0.15) is 23.1 Å². The largest absolute Gasteiger partial charge is 0.493 e. The van der Waals surface area contributed by atoms with Gasteiger partial charge in [0.05, 0.1) is 13.0 Å². The normalized spacial score (nSPS) is 15.1. The Morgan fingerprint density at radius 3 is 2.54 bits per heavy atom. The van der Waals surface area contributed by atoms with Crippen molar-refractivity contribution in [2.45, 2.75) is 26.8 Å². The lowest BCUT2D eigenvalue weighted by Crippen LogP contribution is -2.48. The van der Waals surface area contributed by atoms with Crippen molar-refractivity contribution in [3.63, 3.8) is 0 Å². The Labute approximate surface area is 155 Å². The fourth-order valence-electron chi connectivity index (χ4n) is 3.19. The molecule has 0 unspecified atom stereocenters. The highest BCUT2D eigenvalue weighted by atomic mass is 16.5. The Hall–Kier alpha value is -2.40. The first-order valence-corrected chi connectivity index (χ1v) is 9.21. The van der Waals surface area contributed by atoms with Gasteiger partial charge in [0.15, 0.2) is 0 Å². The van der Waals surface area contributed by atoms with Gasteiger partial charge in [-0.25, -0.2) is 0 Å². The van der Waals surface area contributed by atoms with Gasteiger partial charge in [0, 0.05) is 45.1 Å². The first-order chi connectivity index (χ1) is 12.6. The third-order valence-electron chi connectivity index (χ3n) is 5.01. The van der Waals surface area contributed by atoms with E-state index in [-0.39, 0.29) is 5.91 Å². The molecule has 1 aliphatic rings. The Morgan fingerprint density at radius 1 is 1.08 bits per heavy atom. The quantitative estimate of drug-likeness (QED) is 0.801. The van der Waals surface area contributed by atoms with Gasteiger partial charge >= 0.3 is 0 Å². The SMILES string of the molecule is Cc1cccc(OCCC(=O)N2CCN(Cc3ccncc3)CC2)c1C. The predicted molar refractivity (Wildman–Crippen MR) is 102 cm³/mol. The van der Waals surface area contributed by atoms with Crippen LogP contribution in [0.15, 0.2) is 42.7 Å². The summed E-state index contributed by atoms with van der Waals surface area (Å²) in [6, 6.07) is 10.1. The number of hydrogen-bond donors (Lipinski definition) is 0. The minimum atomic E-state index is 0.180. The summed E-state index contributed by atoms with van der Waals surface area (Å²) < 4.78 is 5.82. The van der Waals surface area contributed by atoms with Crippen molar-refractivity contribution in [1.29, 1.82) is 0 Å². The fourth-order valence-corrected chi connectivity index (χ4v) is 3.19. The van der Waals surface area contributed by atoms with E-state index in [1.807, 2.05) is 41.6 Å². The van der Waals surface area contributed by atoms with E-state index in [2.05, 4.69) is 29.8 Å². The van der Waals surface area contributed by atoms with Crippen molar-refractivity contribution in [3.05, 3.63) is 59.4 Å². The molecule has 1 fully saturated rings. The Morgan fingerprint density at radius 2 is 1.81 bits per heavy atom. The van der Waals surface area contributed by atoms with Crippen molar-refractivity contribution < 1.29 is 9.53 Å². The van der Waals surface area contributed by atoms with Gasteiger partial charge in [-0.2, -0.15) is 0 Å². The number of nitrogens with zero attached hydrogens (tertiary/aromatic N) is 3. The molecule has 1 aliphatic heterocycles. The Kier molecular flexibility index (Phi) is 6.23. The number of ether oxygens (including phenoxy) is 1. The summed E-state index contributed by atoms with van der Waals surface area (Å²) in [6.07, 6.45) is 4.08. The van der Waals surface area contributed by atoms with Crippen LogP contribution in [0.25, 0.3) is 0 Å². The topological polar surface area (TPSA) is 45.7 Å². The first kappa shape index (κ1) is 18.4. The standard InChI is InChI=1S/C21H27N3O2/c1-17-4-3-5-20(18(17)2)26-15-8-21(25)24-13-11-23(12-14-24)16-19-6-9-22-10-7-19/h3-7,9-10H,8,11-16H2,1-2H3. The van der Waals surface area contributed by atoms with E-state index in [4.69, 9.17) is 4.74 Å². The number of hydrogen-bond acceptors (Lipinski definition) is 4. The maximum atomic E-state index is 12.4. The van der Waals surface area contributed by atoms with E-state index >= 15 is 0 Å². The van der Waals surface area contributed by atoms with Crippen LogP contribution in [-0.4, -0.2) is 53.5 Å². The predicted octanol–water partition coefficient (Wildman–Crippen LogP) is 2.81. The molecule has 3 rings (SSSR count). The maximum Gasteiger partial charge on any atom is 0.226 e. The molecule has 0 aliphatic carbocycles. The highest BCUT2D eigenvalue weighted by Crippen LogP contribution is 2.20. The smallest absolute Gasteiger partial charge is 0.226 e. The van der Waals surface area contributed by atoms with Gasteiger partial charge in [-0.05, 0) is 48.7 Å². The van der Waals surface area contributed by atoms with Crippen LogP contribution in [0.3, 0.4) is 0 Å². The second-order valence-corrected chi connectivity index (χ2v) is 6.81. The molecule has 1 aromatic heterocycles. The second-order valence-electron chi connectivity index (χ2n) is 6.81. The number of pyridine rings is 1. The van der Waals surface area contributed by atoms with E-state index in [0.29, 0.717) is 13.0 Å². The molecule has 0 bridgehead atoms. The third-order valence-corrected chi connectivity index (χ3v) is 5.01. The number of aryl methyl sites for hydroxylation is 1. The van der Waals surface area contributed by atoms with Crippen LogP contribution in [0.5, 0.6) is 5.75 Å². The summed E-state index contributed by atoms with van der Waals surface area (Å²) in [4.78, 5) is 20.8. The molecule has 1 saturated heterocycles. The summed E-state index contributed by atoms with van der Waals surface area (Å²) >= 11 is 0. The molecule has 0 N–H and O–H groups in total. The van der Waals surface area contributed by atoms with Gasteiger partial charge in [-0.15, -0.1) is 0 Å². The molecule has 1 amide bonds. The van der Waals surface area contributed by atoms with E-state index in [1.54, 1.807) is 0 Å². The zero-order chi connectivity index (χ0) is 18.4. The summed E-state index contributed by atoms with van der Waals surface area (Å²) in [5.74, 6) is 1.05. The van der Waals surface area contributed by atoms with Gasteiger partial charge in [0.25, 0.3) is 0 Å². The van der Waals surface area contributed by atoms with Gasteiger partial charge in [0.2, 0.25) is 5.91 Å². The molecule has 26 heavy (non-hydrogen) atoms. The molecule has 138 valence electrons. The minimum absolute atomic E-state index is 0.180. The fraction of sp³-hybridized carbons (Fsp3) is 0.429. The summed E-state index contributed by atoms with van der Waals surface area (Å²) in [7, 11) is 0. The summed E-state index contributed by atoms with van der Waals surface area (Å²) in [5, 5.41) is 0. The van der Waals surface area contributed by atoms with E-state index < -0.39 is 0 Å². The monoisotopic (exact) mass is 353 g/mol. The molecule has 2 heterocycles. The second kappa shape index (κ2) is 8.81. The summed E-state index contributed by atoms with van der Waals surface area (Å²) in [5.41, 5.74) is 3.62. The molecule has 0 radical (unpaired) electrons. The minimum Gasteiger partial charge on any atom is -0.493 e. The van der Waals surface area contributed by atoms with Crippen molar-refractivity contribution in [3.8, 4) is 5.75 Å². The molecule has 2 aromatic rings. The number of benzene rings is 1. The van der Waals surface area contributed by atoms with Crippen molar-refractivity contribution in [2.75, 3.05) is 32.8 Å². The van der Waals surface area contributed by atoms with Crippen LogP contribution in [0.2, 0.25) is 0 Å². The van der Waals surface area contributed by atoms with Gasteiger partial charge in [-0.1, -0.05) is 12.1 Å². The lowest BCUT2D eigenvalue weighted by Gasteiger charge is -2.34. The van der Waals surface area contributed by atoms with Crippen molar-refractivity contribution in [2.24, 2.45) is 0 Å².